The van der Waals surface area contributed by atoms with Gasteiger partial charge in [0, 0.05) is 25.8 Å². The SMILES string of the molecule is Cc1cc(SCC(=O)Nc2csc3nc(=O)c(C)nn23)c2cc(Br)ccc2n1. The first-order valence-corrected chi connectivity index (χ1v) is 10.9. The normalized spacial score (nSPS) is 11.2. The van der Waals surface area contributed by atoms with Gasteiger partial charge in [-0.05, 0) is 38.1 Å². The van der Waals surface area contributed by atoms with E-state index < -0.39 is 0 Å². The molecule has 4 rings (SSSR count). The molecule has 1 N–H and O–H groups in total. The van der Waals surface area contributed by atoms with E-state index in [1.54, 1.807) is 12.3 Å². The monoisotopic (exact) mass is 475 g/mol. The Hall–Kier alpha value is -2.30. The van der Waals surface area contributed by atoms with E-state index in [0.29, 0.717) is 10.8 Å². The number of nitrogens with zero attached hydrogens (tertiary/aromatic N) is 4. The topological polar surface area (TPSA) is 89.2 Å². The molecule has 7 nitrogen and oxygen atoms in total. The zero-order chi connectivity index (χ0) is 19.8. The lowest BCUT2D eigenvalue weighted by Crippen LogP contribution is -2.19. The average molecular weight is 476 g/mol. The second kappa shape index (κ2) is 7.61. The molecule has 0 atom stereocenters. The number of fused-ring (bicyclic) bond motifs is 2. The zero-order valence-electron chi connectivity index (χ0n) is 14.9. The number of benzene rings is 1. The Labute approximate surface area is 176 Å². The van der Waals surface area contributed by atoms with Crippen LogP contribution in [0.4, 0.5) is 5.82 Å². The maximum atomic E-state index is 12.5. The number of carbonyl (C=O) groups is 1. The van der Waals surface area contributed by atoms with Gasteiger partial charge in [0.25, 0.3) is 5.56 Å². The van der Waals surface area contributed by atoms with E-state index in [2.05, 4.69) is 36.3 Å². The molecule has 1 amide bonds. The largest absolute Gasteiger partial charge is 0.309 e. The highest BCUT2D eigenvalue weighted by molar-refractivity contribution is 9.10. The number of aryl methyl sites for hydroxylation is 2. The highest BCUT2D eigenvalue weighted by atomic mass is 79.9. The highest BCUT2D eigenvalue weighted by Gasteiger charge is 2.13. The summed E-state index contributed by atoms with van der Waals surface area (Å²) in [4.78, 5) is 34.0. The van der Waals surface area contributed by atoms with Crippen LogP contribution < -0.4 is 10.9 Å². The number of hydrogen-bond acceptors (Lipinski definition) is 7. The number of halogens is 1. The predicted molar refractivity (Wildman–Crippen MR) is 115 cm³/mol. The van der Waals surface area contributed by atoms with Crippen LogP contribution in [0.5, 0.6) is 0 Å². The second-order valence-electron chi connectivity index (χ2n) is 6.08. The van der Waals surface area contributed by atoms with Gasteiger partial charge in [-0.1, -0.05) is 15.9 Å². The number of anilines is 1. The van der Waals surface area contributed by atoms with Gasteiger partial charge in [-0.25, -0.2) is 0 Å². The molecule has 0 spiro atoms. The number of amides is 1. The van der Waals surface area contributed by atoms with Crippen LogP contribution in [0, 0.1) is 13.8 Å². The van der Waals surface area contributed by atoms with Gasteiger partial charge in [-0.15, -0.1) is 23.1 Å². The zero-order valence-corrected chi connectivity index (χ0v) is 18.1. The fraction of sp³-hybridized carbons (Fsp3) is 0.167. The standard InChI is InChI=1S/C18H14BrN5O2S2/c1-9-5-14(12-6-11(19)3-4-13(12)20-9)27-8-16(25)21-15-7-28-18-22-17(26)10(2)23-24(15)18/h3-7H,8H2,1-2H3,(H,21,25). The molecule has 0 saturated heterocycles. The van der Waals surface area contributed by atoms with Crippen LogP contribution in [-0.2, 0) is 4.79 Å². The van der Waals surface area contributed by atoms with Crippen molar-refractivity contribution in [2.45, 2.75) is 18.7 Å². The van der Waals surface area contributed by atoms with E-state index in [1.165, 1.54) is 27.6 Å². The van der Waals surface area contributed by atoms with E-state index >= 15 is 0 Å². The smallest absolute Gasteiger partial charge is 0.295 e. The van der Waals surface area contributed by atoms with Crippen molar-refractivity contribution < 1.29 is 4.79 Å². The Morgan fingerprint density at radius 2 is 2.11 bits per heavy atom. The minimum absolute atomic E-state index is 0.166. The maximum absolute atomic E-state index is 12.5. The van der Waals surface area contributed by atoms with E-state index in [9.17, 15) is 9.59 Å². The first-order valence-electron chi connectivity index (χ1n) is 8.25. The Kier molecular flexibility index (Phi) is 5.17. The number of thioether (sulfide) groups is 1. The van der Waals surface area contributed by atoms with Gasteiger partial charge in [0.05, 0.1) is 11.3 Å². The van der Waals surface area contributed by atoms with Crippen LogP contribution in [0.25, 0.3) is 15.9 Å². The molecule has 0 saturated carbocycles. The number of aromatic nitrogens is 4. The Bertz CT molecular complexity index is 1280. The summed E-state index contributed by atoms with van der Waals surface area (Å²) in [5.74, 6) is 0.565. The molecule has 1 aromatic carbocycles. The van der Waals surface area contributed by atoms with Crippen LogP contribution >= 0.6 is 39.0 Å². The van der Waals surface area contributed by atoms with Gasteiger partial charge < -0.3 is 5.32 Å². The van der Waals surface area contributed by atoms with Crippen LogP contribution in [0.3, 0.4) is 0 Å². The molecular formula is C18H14BrN5O2S2. The van der Waals surface area contributed by atoms with Crippen molar-refractivity contribution in [1.82, 2.24) is 19.6 Å². The van der Waals surface area contributed by atoms with Gasteiger partial charge in [0.2, 0.25) is 10.9 Å². The van der Waals surface area contributed by atoms with Crippen LogP contribution in [0.2, 0.25) is 0 Å². The first kappa shape index (κ1) is 19.0. The minimum atomic E-state index is -0.360. The number of nitrogens with one attached hydrogen (secondary N) is 1. The predicted octanol–water partition coefficient (Wildman–Crippen LogP) is 3.81. The summed E-state index contributed by atoms with van der Waals surface area (Å²) in [6.45, 7) is 3.53. The van der Waals surface area contributed by atoms with Crippen LogP contribution in [0.1, 0.15) is 11.4 Å². The number of carbonyl (C=O) groups excluding carboxylic acids is 1. The van der Waals surface area contributed by atoms with Crippen molar-refractivity contribution in [3.63, 3.8) is 0 Å². The molecule has 0 bridgehead atoms. The third-order valence-electron chi connectivity index (χ3n) is 3.93. The van der Waals surface area contributed by atoms with Crippen molar-refractivity contribution in [3.8, 4) is 0 Å². The summed E-state index contributed by atoms with van der Waals surface area (Å²) in [6, 6.07) is 7.89. The molecule has 0 fully saturated rings. The summed E-state index contributed by atoms with van der Waals surface area (Å²) in [6.07, 6.45) is 0. The molecule has 10 heteroatoms. The number of hydrogen-bond donors (Lipinski definition) is 1. The quantitative estimate of drug-likeness (QED) is 0.451. The van der Waals surface area contributed by atoms with Crippen molar-refractivity contribution >= 4 is 66.6 Å². The lowest BCUT2D eigenvalue weighted by Gasteiger charge is -2.09. The van der Waals surface area contributed by atoms with Gasteiger partial charge in [0.1, 0.15) is 11.5 Å². The second-order valence-corrected chi connectivity index (χ2v) is 8.85. The minimum Gasteiger partial charge on any atom is -0.309 e. The summed E-state index contributed by atoms with van der Waals surface area (Å²) < 4.78 is 2.44. The highest BCUT2D eigenvalue weighted by Crippen LogP contribution is 2.30. The Morgan fingerprint density at radius 1 is 1.29 bits per heavy atom. The van der Waals surface area contributed by atoms with Crippen molar-refractivity contribution in [3.05, 3.63) is 55.9 Å². The van der Waals surface area contributed by atoms with E-state index in [4.69, 9.17) is 0 Å². The lowest BCUT2D eigenvalue weighted by molar-refractivity contribution is -0.113. The molecule has 0 unspecified atom stereocenters. The van der Waals surface area contributed by atoms with Crippen molar-refractivity contribution in [2.75, 3.05) is 11.1 Å². The summed E-state index contributed by atoms with van der Waals surface area (Å²) in [7, 11) is 0. The summed E-state index contributed by atoms with van der Waals surface area (Å²) in [5.41, 5.74) is 1.72. The number of pyridine rings is 1. The Balaban J connectivity index is 1.54. The van der Waals surface area contributed by atoms with Gasteiger partial charge in [-0.2, -0.15) is 14.6 Å². The first-order chi connectivity index (χ1) is 13.4. The molecule has 4 aromatic rings. The van der Waals surface area contributed by atoms with Crippen molar-refractivity contribution in [1.29, 1.82) is 0 Å². The molecular weight excluding hydrogens is 462 g/mol. The molecule has 3 aromatic heterocycles. The average Bonchev–Trinajstić information content (AvgIpc) is 3.02. The third-order valence-corrected chi connectivity index (χ3v) is 6.29. The molecule has 3 heterocycles. The molecule has 0 aliphatic rings. The fourth-order valence-corrected chi connectivity index (χ4v) is 4.70. The van der Waals surface area contributed by atoms with Gasteiger partial charge in [-0.3, -0.25) is 14.6 Å². The number of thiazole rings is 1. The molecule has 0 radical (unpaired) electrons. The Morgan fingerprint density at radius 3 is 2.93 bits per heavy atom. The van der Waals surface area contributed by atoms with E-state index in [0.717, 1.165) is 26.0 Å². The van der Waals surface area contributed by atoms with Crippen molar-refractivity contribution in [2.24, 2.45) is 0 Å². The van der Waals surface area contributed by atoms with E-state index in [-0.39, 0.29) is 22.9 Å². The molecule has 0 aliphatic carbocycles. The van der Waals surface area contributed by atoms with Crippen LogP contribution in [-0.4, -0.2) is 31.2 Å². The molecule has 142 valence electrons. The lowest BCUT2D eigenvalue weighted by atomic mass is 10.2. The number of rotatable bonds is 4. The molecule has 0 aliphatic heterocycles. The third kappa shape index (κ3) is 3.80. The van der Waals surface area contributed by atoms with Gasteiger partial charge in [0.15, 0.2) is 0 Å². The van der Waals surface area contributed by atoms with Crippen LogP contribution in [0.15, 0.2) is 43.8 Å². The molecule has 28 heavy (non-hydrogen) atoms. The maximum Gasteiger partial charge on any atom is 0.295 e. The van der Waals surface area contributed by atoms with Gasteiger partial charge >= 0.3 is 0 Å². The van der Waals surface area contributed by atoms with E-state index in [1.807, 2.05) is 31.2 Å². The summed E-state index contributed by atoms with van der Waals surface area (Å²) >= 11 is 6.19. The summed E-state index contributed by atoms with van der Waals surface area (Å²) in [5, 5.41) is 9.75. The fourth-order valence-electron chi connectivity index (χ4n) is 2.66.